The maximum absolute atomic E-state index is 11.8. The van der Waals surface area contributed by atoms with Crippen molar-refractivity contribution in [3.8, 4) is 0 Å². The van der Waals surface area contributed by atoms with Crippen LogP contribution in [0.2, 0.25) is 0 Å². The van der Waals surface area contributed by atoms with Crippen LogP contribution in [-0.2, 0) is 0 Å². The Bertz CT molecular complexity index is 326. The Morgan fingerprint density at radius 2 is 2.19 bits per heavy atom. The summed E-state index contributed by atoms with van der Waals surface area (Å²) in [5.41, 5.74) is 0. The first-order valence-electron chi connectivity index (χ1n) is 6.12. The van der Waals surface area contributed by atoms with Gasteiger partial charge in [0.1, 0.15) is 0 Å². The highest BCUT2D eigenvalue weighted by Gasteiger charge is 2.22. The predicted molar refractivity (Wildman–Crippen MR) is 62.2 cm³/mol. The van der Waals surface area contributed by atoms with Gasteiger partial charge in [-0.15, -0.1) is 0 Å². The molecule has 1 aliphatic rings. The molecule has 1 fully saturated rings. The Kier molecular flexibility index (Phi) is 3.65. The van der Waals surface area contributed by atoms with Gasteiger partial charge < -0.3 is 9.73 Å². The average molecular weight is 221 g/mol. The van der Waals surface area contributed by atoms with E-state index in [9.17, 15) is 4.79 Å². The van der Waals surface area contributed by atoms with Gasteiger partial charge in [0.15, 0.2) is 5.76 Å². The Morgan fingerprint density at radius 1 is 1.44 bits per heavy atom. The first kappa shape index (κ1) is 11.2. The minimum Gasteiger partial charge on any atom is -0.459 e. The Balaban J connectivity index is 1.86. The molecule has 0 saturated heterocycles. The SMILES string of the molecule is C[C@@H](NC(=O)c1ccco1)C1CCCCC1. The van der Waals surface area contributed by atoms with Gasteiger partial charge in [0.2, 0.25) is 0 Å². The summed E-state index contributed by atoms with van der Waals surface area (Å²) in [4.78, 5) is 11.8. The molecule has 0 bridgehead atoms. The molecule has 0 radical (unpaired) electrons. The molecule has 88 valence electrons. The highest BCUT2D eigenvalue weighted by molar-refractivity contribution is 5.91. The van der Waals surface area contributed by atoms with Crippen molar-refractivity contribution in [2.24, 2.45) is 5.92 Å². The molecule has 1 aliphatic carbocycles. The maximum Gasteiger partial charge on any atom is 0.287 e. The summed E-state index contributed by atoms with van der Waals surface area (Å²) >= 11 is 0. The van der Waals surface area contributed by atoms with Crippen LogP contribution in [0, 0.1) is 5.92 Å². The minimum atomic E-state index is -0.0944. The van der Waals surface area contributed by atoms with Crippen molar-refractivity contribution in [1.29, 1.82) is 0 Å². The molecule has 1 aromatic heterocycles. The number of furan rings is 1. The molecular formula is C13H19NO2. The molecule has 2 rings (SSSR count). The molecule has 1 aromatic rings. The van der Waals surface area contributed by atoms with E-state index in [4.69, 9.17) is 4.42 Å². The van der Waals surface area contributed by atoms with Crippen LogP contribution in [0.15, 0.2) is 22.8 Å². The molecule has 1 heterocycles. The Hall–Kier alpha value is -1.25. The number of hydrogen-bond acceptors (Lipinski definition) is 2. The fourth-order valence-corrected chi connectivity index (χ4v) is 2.44. The quantitative estimate of drug-likeness (QED) is 0.852. The topological polar surface area (TPSA) is 42.2 Å². The number of nitrogens with one attached hydrogen (secondary N) is 1. The van der Waals surface area contributed by atoms with Gasteiger partial charge in [-0.2, -0.15) is 0 Å². The number of amides is 1. The molecule has 1 saturated carbocycles. The average Bonchev–Trinajstić information content (AvgIpc) is 2.83. The van der Waals surface area contributed by atoms with E-state index in [1.165, 1.54) is 38.4 Å². The zero-order valence-corrected chi connectivity index (χ0v) is 9.74. The van der Waals surface area contributed by atoms with E-state index in [1.54, 1.807) is 12.1 Å². The lowest BCUT2D eigenvalue weighted by atomic mass is 9.84. The molecule has 3 heteroatoms. The standard InChI is InChI=1S/C13H19NO2/c1-10(11-6-3-2-4-7-11)14-13(15)12-8-5-9-16-12/h5,8-11H,2-4,6-7H2,1H3,(H,14,15)/t10-/m1/s1. The van der Waals surface area contributed by atoms with Crippen LogP contribution < -0.4 is 5.32 Å². The van der Waals surface area contributed by atoms with Crippen molar-refractivity contribution in [3.05, 3.63) is 24.2 Å². The van der Waals surface area contributed by atoms with Gasteiger partial charge in [0.05, 0.1) is 6.26 Å². The van der Waals surface area contributed by atoms with Crippen molar-refractivity contribution in [1.82, 2.24) is 5.32 Å². The second-order valence-corrected chi connectivity index (χ2v) is 4.64. The van der Waals surface area contributed by atoms with Crippen molar-refractivity contribution in [2.75, 3.05) is 0 Å². The van der Waals surface area contributed by atoms with Crippen LogP contribution in [0.1, 0.15) is 49.6 Å². The first-order chi connectivity index (χ1) is 7.77. The van der Waals surface area contributed by atoms with Crippen LogP contribution in [0.4, 0.5) is 0 Å². The Morgan fingerprint density at radius 3 is 2.81 bits per heavy atom. The molecule has 0 unspecified atom stereocenters. The van der Waals surface area contributed by atoms with Crippen LogP contribution in [0.25, 0.3) is 0 Å². The van der Waals surface area contributed by atoms with Gasteiger partial charge in [-0.1, -0.05) is 19.3 Å². The number of carbonyl (C=O) groups is 1. The zero-order chi connectivity index (χ0) is 11.4. The van der Waals surface area contributed by atoms with E-state index in [0.717, 1.165) is 0 Å². The van der Waals surface area contributed by atoms with Crippen molar-refractivity contribution in [2.45, 2.75) is 45.1 Å². The smallest absolute Gasteiger partial charge is 0.287 e. The number of rotatable bonds is 3. The summed E-state index contributed by atoms with van der Waals surface area (Å²) in [7, 11) is 0. The summed E-state index contributed by atoms with van der Waals surface area (Å²) in [5, 5.41) is 3.02. The normalized spacial score (nSPS) is 19.3. The van der Waals surface area contributed by atoms with E-state index in [1.807, 2.05) is 0 Å². The lowest BCUT2D eigenvalue weighted by Crippen LogP contribution is -2.38. The monoisotopic (exact) mass is 221 g/mol. The molecule has 1 amide bonds. The first-order valence-corrected chi connectivity index (χ1v) is 6.12. The van der Waals surface area contributed by atoms with Crippen LogP contribution >= 0.6 is 0 Å². The van der Waals surface area contributed by atoms with Crippen molar-refractivity contribution >= 4 is 5.91 Å². The third-order valence-electron chi connectivity index (χ3n) is 3.46. The van der Waals surface area contributed by atoms with E-state index in [0.29, 0.717) is 11.7 Å². The number of hydrogen-bond donors (Lipinski definition) is 1. The summed E-state index contributed by atoms with van der Waals surface area (Å²) < 4.78 is 5.07. The van der Waals surface area contributed by atoms with Gasteiger partial charge in [-0.25, -0.2) is 0 Å². The molecule has 0 aromatic carbocycles. The van der Waals surface area contributed by atoms with Gasteiger partial charge in [0.25, 0.3) is 5.91 Å². The summed E-state index contributed by atoms with van der Waals surface area (Å²) in [6.45, 7) is 2.09. The summed E-state index contributed by atoms with van der Waals surface area (Å²) in [6, 6.07) is 3.68. The zero-order valence-electron chi connectivity index (χ0n) is 9.74. The molecule has 16 heavy (non-hydrogen) atoms. The Labute approximate surface area is 96.2 Å². The second kappa shape index (κ2) is 5.19. The fraction of sp³-hybridized carbons (Fsp3) is 0.615. The highest BCUT2D eigenvalue weighted by atomic mass is 16.3. The van der Waals surface area contributed by atoms with Crippen molar-refractivity contribution in [3.63, 3.8) is 0 Å². The lowest BCUT2D eigenvalue weighted by molar-refractivity contribution is 0.0891. The second-order valence-electron chi connectivity index (χ2n) is 4.64. The van der Waals surface area contributed by atoms with Gasteiger partial charge in [0, 0.05) is 6.04 Å². The van der Waals surface area contributed by atoms with Gasteiger partial charge in [-0.3, -0.25) is 4.79 Å². The minimum absolute atomic E-state index is 0.0944. The maximum atomic E-state index is 11.8. The van der Waals surface area contributed by atoms with Gasteiger partial charge >= 0.3 is 0 Å². The van der Waals surface area contributed by atoms with E-state index in [-0.39, 0.29) is 11.9 Å². The third-order valence-corrected chi connectivity index (χ3v) is 3.46. The predicted octanol–water partition coefficient (Wildman–Crippen LogP) is 2.98. The number of carbonyl (C=O) groups excluding carboxylic acids is 1. The summed E-state index contributed by atoms with van der Waals surface area (Å²) in [5.74, 6) is 0.943. The molecule has 0 aliphatic heterocycles. The molecule has 0 spiro atoms. The third kappa shape index (κ3) is 2.65. The van der Waals surface area contributed by atoms with E-state index in [2.05, 4.69) is 12.2 Å². The van der Waals surface area contributed by atoms with Crippen LogP contribution in [-0.4, -0.2) is 11.9 Å². The fourth-order valence-electron chi connectivity index (χ4n) is 2.44. The largest absolute Gasteiger partial charge is 0.459 e. The molecule has 3 nitrogen and oxygen atoms in total. The van der Waals surface area contributed by atoms with E-state index >= 15 is 0 Å². The lowest BCUT2D eigenvalue weighted by Gasteiger charge is -2.27. The molecule has 1 N–H and O–H groups in total. The van der Waals surface area contributed by atoms with Gasteiger partial charge in [-0.05, 0) is 37.8 Å². The van der Waals surface area contributed by atoms with Crippen LogP contribution in [0.3, 0.4) is 0 Å². The van der Waals surface area contributed by atoms with Crippen molar-refractivity contribution < 1.29 is 9.21 Å². The molecular weight excluding hydrogens is 202 g/mol. The van der Waals surface area contributed by atoms with Crippen LogP contribution in [0.5, 0.6) is 0 Å². The van der Waals surface area contributed by atoms with E-state index < -0.39 is 0 Å². The molecule has 1 atom stereocenters. The summed E-state index contributed by atoms with van der Waals surface area (Å²) in [6.07, 6.45) is 7.94. The highest BCUT2D eigenvalue weighted by Crippen LogP contribution is 2.26.